The van der Waals surface area contributed by atoms with Gasteiger partial charge < -0.3 is 9.47 Å². The number of benzene rings is 2. The van der Waals surface area contributed by atoms with Gasteiger partial charge in [-0.05, 0) is 17.2 Å². The van der Waals surface area contributed by atoms with E-state index in [1.54, 1.807) is 0 Å². The third-order valence-electron chi connectivity index (χ3n) is 3.27. The third kappa shape index (κ3) is 3.06. The molecule has 0 spiro atoms. The summed E-state index contributed by atoms with van der Waals surface area (Å²) in [5, 5.41) is 0. The summed E-state index contributed by atoms with van der Waals surface area (Å²) in [5.41, 5.74) is 2.39. The van der Waals surface area contributed by atoms with Gasteiger partial charge in [0.2, 0.25) is 0 Å². The van der Waals surface area contributed by atoms with Crippen molar-refractivity contribution < 1.29 is 9.47 Å². The summed E-state index contributed by atoms with van der Waals surface area (Å²) < 4.78 is 12.8. The van der Waals surface area contributed by atoms with Crippen molar-refractivity contribution in [1.29, 1.82) is 0 Å². The van der Waals surface area contributed by atoms with E-state index in [4.69, 9.17) is 9.47 Å². The van der Waals surface area contributed by atoms with E-state index in [0.717, 1.165) is 10.9 Å². The minimum absolute atomic E-state index is 0.0497. The molecule has 1 saturated heterocycles. The van der Waals surface area contributed by atoms with Gasteiger partial charge in [0.05, 0.1) is 6.61 Å². The summed E-state index contributed by atoms with van der Waals surface area (Å²) in [6, 6.07) is 18.4. The van der Waals surface area contributed by atoms with Crippen molar-refractivity contribution in [3.63, 3.8) is 0 Å². The summed E-state index contributed by atoms with van der Waals surface area (Å²) in [7, 11) is 0. The molecule has 0 amide bonds. The minimum atomic E-state index is -0.163. The zero-order chi connectivity index (χ0) is 13.1. The first kappa shape index (κ1) is 12.9. The van der Waals surface area contributed by atoms with E-state index in [1.807, 2.05) is 36.4 Å². The van der Waals surface area contributed by atoms with Gasteiger partial charge in [0.1, 0.15) is 6.10 Å². The van der Waals surface area contributed by atoms with Gasteiger partial charge in [0, 0.05) is 10.9 Å². The van der Waals surface area contributed by atoms with Crippen molar-refractivity contribution >= 4 is 15.9 Å². The summed E-state index contributed by atoms with van der Waals surface area (Å²) >= 11 is 3.55. The highest BCUT2D eigenvalue weighted by Crippen LogP contribution is 2.29. The van der Waals surface area contributed by atoms with Crippen molar-refractivity contribution in [2.24, 2.45) is 0 Å². The summed E-state index contributed by atoms with van der Waals surface area (Å²) in [4.78, 5) is 0. The minimum Gasteiger partial charge on any atom is -0.349 e. The Labute approximate surface area is 121 Å². The van der Waals surface area contributed by atoms with Crippen LogP contribution in [-0.4, -0.2) is 12.9 Å². The smallest absolute Gasteiger partial charge is 0.162 e. The molecular weight excluding hydrogens is 304 g/mol. The molecule has 1 fully saturated rings. The SMILES string of the molecule is Brc1ccccc1C[C@H]1OC[C@@H](c2ccccc2)O1. The highest BCUT2D eigenvalue weighted by Gasteiger charge is 2.27. The average Bonchev–Trinajstić information content (AvgIpc) is 2.91. The topological polar surface area (TPSA) is 18.5 Å². The van der Waals surface area contributed by atoms with Gasteiger partial charge in [-0.2, -0.15) is 0 Å². The Morgan fingerprint density at radius 1 is 1.00 bits per heavy atom. The Bertz CT molecular complexity index is 541. The Morgan fingerprint density at radius 2 is 1.74 bits per heavy atom. The molecule has 2 aromatic carbocycles. The van der Waals surface area contributed by atoms with Crippen molar-refractivity contribution in [3.8, 4) is 0 Å². The molecular formula is C16H15BrO2. The van der Waals surface area contributed by atoms with Crippen molar-refractivity contribution in [2.45, 2.75) is 18.8 Å². The largest absolute Gasteiger partial charge is 0.349 e. The quantitative estimate of drug-likeness (QED) is 0.848. The lowest BCUT2D eigenvalue weighted by atomic mass is 10.1. The van der Waals surface area contributed by atoms with Crippen LogP contribution in [0, 0.1) is 0 Å². The fraction of sp³-hybridized carbons (Fsp3) is 0.250. The van der Waals surface area contributed by atoms with Crippen LogP contribution < -0.4 is 0 Å². The monoisotopic (exact) mass is 318 g/mol. The second kappa shape index (κ2) is 5.87. The summed E-state index contributed by atoms with van der Waals surface area (Å²) in [6.45, 7) is 0.624. The van der Waals surface area contributed by atoms with Crippen LogP contribution in [-0.2, 0) is 15.9 Å². The molecule has 0 bridgehead atoms. The maximum atomic E-state index is 5.96. The second-order valence-corrected chi connectivity index (χ2v) is 5.45. The van der Waals surface area contributed by atoms with Crippen molar-refractivity contribution in [2.75, 3.05) is 6.61 Å². The highest BCUT2D eigenvalue weighted by atomic mass is 79.9. The van der Waals surface area contributed by atoms with Crippen LogP contribution in [0.3, 0.4) is 0 Å². The summed E-state index contributed by atoms with van der Waals surface area (Å²) in [6.07, 6.45) is 0.655. The molecule has 3 rings (SSSR count). The van der Waals surface area contributed by atoms with E-state index in [1.165, 1.54) is 11.1 Å². The predicted molar refractivity (Wildman–Crippen MR) is 77.9 cm³/mol. The number of ether oxygens (including phenoxy) is 2. The molecule has 98 valence electrons. The average molecular weight is 319 g/mol. The van der Waals surface area contributed by atoms with Crippen molar-refractivity contribution in [3.05, 3.63) is 70.2 Å². The molecule has 0 unspecified atom stereocenters. The third-order valence-corrected chi connectivity index (χ3v) is 4.04. The van der Waals surface area contributed by atoms with E-state index >= 15 is 0 Å². The van der Waals surface area contributed by atoms with Crippen LogP contribution in [0.5, 0.6) is 0 Å². The van der Waals surface area contributed by atoms with Gasteiger partial charge in [0.15, 0.2) is 6.29 Å². The Hall–Kier alpha value is -1.16. The molecule has 1 aliphatic rings. The molecule has 1 aliphatic heterocycles. The summed E-state index contributed by atoms with van der Waals surface area (Å²) in [5.74, 6) is 0. The molecule has 0 saturated carbocycles. The van der Waals surface area contributed by atoms with Crippen LogP contribution in [0.2, 0.25) is 0 Å². The Balaban J connectivity index is 1.65. The van der Waals surface area contributed by atoms with Gasteiger partial charge in [-0.1, -0.05) is 64.5 Å². The van der Waals surface area contributed by atoms with Crippen LogP contribution in [0.25, 0.3) is 0 Å². The van der Waals surface area contributed by atoms with Crippen LogP contribution in [0.4, 0.5) is 0 Å². The lowest BCUT2D eigenvalue weighted by Gasteiger charge is -2.12. The fourth-order valence-electron chi connectivity index (χ4n) is 2.25. The maximum Gasteiger partial charge on any atom is 0.162 e. The lowest BCUT2D eigenvalue weighted by Crippen LogP contribution is -2.12. The van der Waals surface area contributed by atoms with Gasteiger partial charge >= 0.3 is 0 Å². The van der Waals surface area contributed by atoms with Gasteiger partial charge in [0.25, 0.3) is 0 Å². The zero-order valence-corrected chi connectivity index (χ0v) is 12.0. The molecule has 2 nitrogen and oxygen atoms in total. The number of hydrogen-bond donors (Lipinski definition) is 0. The van der Waals surface area contributed by atoms with Gasteiger partial charge in [-0.3, -0.25) is 0 Å². The van der Waals surface area contributed by atoms with E-state index in [9.17, 15) is 0 Å². The standard InChI is InChI=1S/C16H15BrO2/c17-14-9-5-4-8-13(14)10-16-18-11-15(19-16)12-6-2-1-3-7-12/h1-9,15-16H,10-11H2/t15-,16-/m0/s1. The molecule has 0 aromatic heterocycles. The lowest BCUT2D eigenvalue weighted by molar-refractivity contribution is -0.0564. The Morgan fingerprint density at radius 3 is 2.53 bits per heavy atom. The number of hydrogen-bond acceptors (Lipinski definition) is 2. The van der Waals surface area contributed by atoms with Gasteiger partial charge in [-0.25, -0.2) is 0 Å². The fourth-order valence-corrected chi connectivity index (χ4v) is 2.70. The second-order valence-electron chi connectivity index (χ2n) is 4.59. The van der Waals surface area contributed by atoms with E-state index in [0.29, 0.717) is 6.61 Å². The molecule has 2 atom stereocenters. The van der Waals surface area contributed by atoms with Crippen LogP contribution in [0.1, 0.15) is 17.2 Å². The zero-order valence-electron chi connectivity index (χ0n) is 10.5. The molecule has 1 heterocycles. The normalized spacial score (nSPS) is 22.6. The first-order valence-electron chi connectivity index (χ1n) is 6.38. The van der Waals surface area contributed by atoms with E-state index in [-0.39, 0.29) is 12.4 Å². The van der Waals surface area contributed by atoms with E-state index < -0.39 is 0 Å². The maximum absolute atomic E-state index is 5.96. The molecule has 0 N–H and O–H groups in total. The number of halogens is 1. The molecule has 0 aliphatic carbocycles. The van der Waals surface area contributed by atoms with E-state index in [2.05, 4.69) is 34.1 Å². The van der Waals surface area contributed by atoms with Crippen molar-refractivity contribution in [1.82, 2.24) is 0 Å². The highest BCUT2D eigenvalue weighted by molar-refractivity contribution is 9.10. The molecule has 2 aromatic rings. The first-order valence-corrected chi connectivity index (χ1v) is 7.17. The van der Waals surface area contributed by atoms with Gasteiger partial charge in [-0.15, -0.1) is 0 Å². The predicted octanol–water partition coefficient (Wildman–Crippen LogP) is 4.11. The Kier molecular flexibility index (Phi) is 3.97. The first-order chi connectivity index (χ1) is 9.33. The molecule has 0 radical (unpaired) electrons. The van der Waals surface area contributed by atoms with Crippen LogP contribution >= 0.6 is 15.9 Å². The molecule has 19 heavy (non-hydrogen) atoms. The molecule has 3 heteroatoms. The van der Waals surface area contributed by atoms with Crippen LogP contribution in [0.15, 0.2) is 59.1 Å². The number of rotatable bonds is 3.